The van der Waals surface area contributed by atoms with E-state index in [1.165, 1.54) is 0 Å². The second-order valence-electron chi connectivity index (χ2n) is 3.46. The number of benzene rings is 1. The molecule has 4 nitrogen and oxygen atoms in total. The highest BCUT2D eigenvalue weighted by atomic mass is 32.2. The molecule has 0 heterocycles. The van der Waals surface area contributed by atoms with Gasteiger partial charge in [0.2, 0.25) is 0 Å². The molecular formula is C12H18N2O2S. The number of anilines is 1. The molecule has 0 bridgehead atoms. The van der Waals surface area contributed by atoms with Crippen LogP contribution < -0.4 is 11.1 Å². The molecule has 0 aliphatic rings. The van der Waals surface area contributed by atoms with Crippen molar-refractivity contribution >= 4 is 23.4 Å². The molecule has 94 valence electrons. The number of carbonyl (C=O) groups is 1. The van der Waals surface area contributed by atoms with Crippen LogP contribution in [0.1, 0.15) is 17.3 Å². The highest BCUT2D eigenvalue weighted by Crippen LogP contribution is 2.25. The van der Waals surface area contributed by atoms with Gasteiger partial charge in [-0.3, -0.25) is 4.79 Å². The Balaban J connectivity index is 2.83. The van der Waals surface area contributed by atoms with E-state index < -0.39 is 0 Å². The Kier molecular flexibility index (Phi) is 5.86. The molecule has 0 atom stereocenters. The largest absolute Gasteiger partial charge is 0.399 e. The number of thioether (sulfide) groups is 1. The third-order valence-electron chi connectivity index (χ3n) is 2.13. The number of amides is 1. The minimum absolute atomic E-state index is 0.0626. The van der Waals surface area contributed by atoms with E-state index in [9.17, 15) is 4.79 Å². The Morgan fingerprint density at radius 2 is 2.29 bits per heavy atom. The fourth-order valence-electron chi connectivity index (χ4n) is 1.34. The predicted molar refractivity (Wildman–Crippen MR) is 71.5 cm³/mol. The van der Waals surface area contributed by atoms with Gasteiger partial charge in [0.05, 0.1) is 12.2 Å². The summed E-state index contributed by atoms with van der Waals surface area (Å²) < 4.78 is 4.99. The molecule has 0 saturated carbocycles. The molecule has 0 aliphatic carbocycles. The summed E-state index contributed by atoms with van der Waals surface area (Å²) in [7, 11) is 1.66. The highest BCUT2D eigenvalue weighted by Gasteiger charge is 2.11. The number of carbonyl (C=O) groups excluding carboxylic acids is 1. The number of hydrogen-bond acceptors (Lipinski definition) is 4. The monoisotopic (exact) mass is 254 g/mol. The van der Waals surface area contributed by atoms with Gasteiger partial charge in [0.15, 0.2) is 0 Å². The maximum Gasteiger partial charge on any atom is 0.252 e. The van der Waals surface area contributed by atoms with Gasteiger partial charge in [-0.1, -0.05) is 0 Å². The first-order valence-electron chi connectivity index (χ1n) is 5.48. The van der Waals surface area contributed by atoms with Crippen LogP contribution in [0.5, 0.6) is 0 Å². The molecule has 0 spiro atoms. The van der Waals surface area contributed by atoms with Crippen LogP contribution in [0.2, 0.25) is 0 Å². The van der Waals surface area contributed by atoms with Gasteiger partial charge in [0.25, 0.3) is 5.91 Å². The van der Waals surface area contributed by atoms with Crippen molar-refractivity contribution in [3.63, 3.8) is 0 Å². The number of rotatable bonds is 6. The average molecular weight is 254 g/mol. The van der Waals surface area contributed by atoms with E-state index in [1.807, 2.05) is 13.0 Å². The smallest absolute Gasteiger partial charge is 0.252 e. The number of methoxy groups -OCH3 is 1. The van der Waals surface area contributed by atoms with E-state index in [2.05, 4.69) is 5.32 Å². The molecule has 1 rings (SSSR count). The van der Waals surface area contributed by atoms with Crippen molar-refractivity contribution in [1.82, 2.24) is 5.32 Å². The maximum absolute atomic E-state index is 11.8. The van der Waals surface area contributed by atoms with Gasteiger partial charge in [-0.05, 0) is 25.1 Å². The summed E-state index contributed by atoms with van der Waals surface area (Å²) in [5.74, 6) is 0.735. The summed E-state index contributed by atoms with van der Waals surface area (Å²) in [6.45, 7) is 3.16. The summed E-state index contributed by atoms with van der Waals surface area (Å²) in [6, 6.07) is 5.32. The molecule has 1 aromatic carbocycles. The predicted octanol–water partition coefficient (Wildman–Crippen LogP) is 1.76. The third-order valence-corrected chi connectivity index (χ3v) is 3.15. The van der Waals surface area contributed by atoms with Gasteiger partial charge in [0, 0.05) is 30.0 Å². The molecular weight excluding hydrogens is 236 g/mol. The van der Waals surface area contributed by atoms with Crippen molar-refractivity contribution in [2.75, 3.05) is 31.7 Å². The summed E-state index contributed by atoms with van der Waals surface area (Å²) in [4.78, 5) is 12.7. The molecule has 3 N–H and O–H groups in total. The lowest BCUT2D eigenvalue weighted by Crippen LogP contribution is -2.23. The maximum atomic E-state index is 11.8. The summed E-state index contributed by atoms with van der Waals surface area (Å²) in [6.07, 6.45) is 0. The summed E-state index contributed by atoms with van der Waals surface area (Å²) in [5, 5.41) is 2.79. The second-order valence-corrected chi connectivity index (χ2v) is 4.59. The van der Waals surface area contributed by atoms with Crippen molar-refractivity contribution in [3.05, 3.63) is 23.8 Å². The first-order valence-corrected chi connectivity index (χ1v) is 6.47. The summed E-state index contributed by atoms with van der Waals surface area (Å²) >= 11 is 1.57. The number of nitrogens with one attached hydrogen (secondary N) is 1. The van der Waals surface area contributed by atoms with Crippen molar-refractivity contribution in [3.8, 4) is 0 Å². The van der Waals surface area contributed by atoms with Crippen LogP contribution >= 0.6 is 11.8 Å². The molecule has 0 aromatic heterocycles. The molecule has 0 unspecified atom stereocenters. The lowest BCUT2D eigenvalue weighted by atomic mass is 10.2. The minimum atomic E-state index is -0.0626. The van der Waals surface area contributed by atoms with Crippen LogP contribution in [0, 0.1) is 0 Å². The zero-order valence-corrected chi connectivity index (χ0v) is 11.0. The number of ether oxygens (including phenoxy) is 1. The van der Waals surface area contributed by atoms with Gasteiger partial charge in [-0.2, -0.15) is 0 Å². The standard InChI is InChI=1S/C12H18N2O2S/c1-3-14-12(15)10-5-4-9(13)8-11(10)17-7-6-16-2/h4-5,8H,3,6-7,13H2,1-2H3,(H,14,15). The van der Waals surface area contributed by atoms with Crippen LogP contribution in [0.15, 0.2) is 23.1 Å². The molecule has 0 aliphatic heterocycles. The van der Waals surface area contributed by atoms with Gasteiger partial charge in [-0.25, -0.2) is 0 Å². The molecule has 0 fully saturated rings. The van der Waals surface area contributed by atoms with E-state index in [4.69, 9.17) is 10.5 Å². The van der Waals surface area contributed by atoms with E-state index >= 15 is 0 Å². The van der Waals surface area contributed by atoms with Crippen LogP contribution in [0.25, 0.3) is 0 Å². The number of nitrogen functional groups attached to an aromatic ring is 1. The van der Waals surface area contributed by atoms with Gasteiger partial charge >= 0.3 is 0 Å². The molecule has 1 amide bonds. The van der Waals surface area contributed by atoms with Crippen molar-refractivity contribution in [1.29, 1.82) is 0 Å². The lowest BCUT2D eigenvalue weighted by Gasteiger charge is -2.09. The van der Waals surface area contributed by atoms with E-state index in [0.717, 1.165) is 10.6 Å². The molecule has 0 radical (unpaired) electrons. The van der Waals surface area contributed by atoms with Crippen LogP contribution in [-0.4, -0.2) is 31.9 Å². The van der Waals surface area contributed by atoms with Crippen molar-refractivity contribution in [2.45, 2.75) is 11.8 Å². The Hall–Kier alpha value is -1.20. The average Bonchev–Trinajstić information content (AvgIpc) is 2.30. The molecule has 0 saturated heterocycles. The Morgan fingerprint density at radius 3 is 2.94 bits per heavy atom. The minimum Gasteiger partial charge on any atom is -0.399 e. The van der Waals surface area contributed by atoms with E-state index in [1.54, 1.807) is 31.0 Å². The Bertz CT molecular complexity index is 383. The van der Waals surface area contributed by atoms with Crippen LogP contribution in [-0.2, 0) is 4.74 Å². The number of hydrogen-bond donors (Lipinski definition) is 2. The second kappa shape index (κ2) is 7.19. The van der Waals surface area contributed by atoms with Gasteiger partial charge in [-0.15, -0.1) is 11.8 Å². The lowest BCUT2D eigenvalue weighted by molar-refractivity contribution is 0.0953. The van der Waals surface area contributed by atoms with E-state index in [-0.39, 0.29) is 5.91 Å². The number of nitrogens with two attached hydrogens (primary N) is 1. The Morgan fingerprint density at radius 1 is 1.53 bits per heavy atom. The zero-order valence-electron chi connectivity index (χ0n) is 10.2. The van der Waals surface area contributed by atoms with Crippen LogP contribution in [0.4, 0.5) is 5.69 Å². The third kappa shape index (κ3) is 4.28. The highest BCUT2D eigenvalue weighted by molar-refractivity contribution is 7.99. The Labute approximate surface area is 106 Å². The first-order chi connectivity index (χ1) is 8.19. The molecule has 17 heavy (non-hydrogen) atoms. The molecule has 5 heteroatoms. The fourth-order valence-corrected chi connectivity index (χ4v) is 2.34. The van der Waals surface area contributed by atoms with Crippen LogP contribution in [0.3, 0.4) is 0 Å². The molecule has 1 aromatic rings. The zero-order chi connectivity index (χ0) is 12.7. The normalized spacial score (nSPS) is 10.2. The van der Waals surface area contributed by atoms with Crippen molar-refractivity contribution < 1.29 is 9.53 Å². The van der Waals surface area contributed by atoms with E-state index in [0.29, 0.717) is 24.4 Å². The van der Waals surface area contributed by atoms with Gasteiger partial charge < -0.3 is 15.8 Å². The quantitative estimate of drug-likeness (QED) is 0.461. The topological polar surface area (TPSA) is 64.4 Å². The SMILES string of the molecule is CCNC(=O)c1ccc(N)cc1SCCOC. The first kappa shape index (κ1) is 13.9. The van der Waals surface area contributed by atoms with Crippen molar-refractivity contribution in [2.24, 2.45) is 0 Å². The fraction of sp³-hybridized carbons (Fsp3) is 0.417. The summed E-state index contributed by atoms with van der Waals surface area (Å²) in [5.41, 5.74) is 7.06. The van der Waals surface area contributed by atoms with Gasteiger partial charge in [0.1, 0.15) is 0 Å².